The molecule has 1 aromatic carbocycles. The Kier molecular flexibility index (Phi) is 5.34. The molecule has 7 heteroatoms. The predicted octanol–water partition coefficient (Wildman–Crippen LogP) is 1.35. The first-order valence-corrected chi connectivity index (χ1v) is 9.47. The van der Waals surface area contributed by atoms with E-state index in [4.69, 9.17) is 0 Å². The molecule has 1 fully saturated rings. The average molecular weight is 377 g/mol. The molecule has 0 bridgehead atoms. The number of fused-ring (bicyclic) bond motifs is 1. The van der Waals surface area contributed by atoms with Crippen LogP contribution in [0, 0.1) is 0 Å². The Morgan fingerprint density at radius 3 is 2.50 bits per heavy atom. The zero-order chi connectivity index (χ0) is 19.3. The molecule has 3 aromatic rings. The second kappa shape index (κ2) is 8.22. The average Bonchev–Trinajstić information content (AvgIpc) is 3.05. The van der Waals surface area contributed by atoms with Crippen molar-refractivity contribution in [2.24, 2.45) is 0 Å². The number of carbonyl (C=O) groups excluding carboxylic acids is 1. The monoisotopic (exact) mass is 377 g/mol. The molecule has 3 heterocycles. The molecule has 0 N–H and O–H groups in total. The highest BCUT2D eigenvalue weighted by Gasteiger charge is 2.21. The smallest absolute Gasteiger partial charge is 0.339 e. The Balaban J connectivity index is 1.29. The van der Waals surface area contributed by atoms with Crippen LogP contribution in [-0.2, 0) is 11.3 Å². The summed E-state index contributed by atoms with van der Waals surface area (Å²) in [5.74, 6) is -0.0648. The topological polar surface area (TPSA) is 62.9 Å². The molecule has 1 saturated heterocycles. The first-order chi connectivity index (χ1) is 13.7. The number of amides is 1. The summed E-state index contributed by atoms with van der Waals surface area (Å²) in [5.41, 5.74) is 1.46. The molecule has 0 unspecified atom stereocenters. The van der Waals surface area contributed by atoms with Gasteiger partial charge in [-0.3, -0.25) is 14.1 Å². The minimum atomic E-state index is -0.284. The Labute approximate surface area is 163 Å². The van der Waals surface area contributed by atoms with Crippen LogP contribution in [0.2, 0.25) is 0 Å². The number of benzene rings is 1. The maximum absolute atomic E-state index is 12.6. The van der Waals surface area contributed by atoms with Crippen molar-refractivity contribution in [3.05, 3.63) is 76.9 Å². The molecule has 1 aliphatic rings. The van der Waals surface area contributed by atoms with Gasteiger partial charge in [-0.15, -0.1) is 5.10 Å². The van der Waals surface area contributed by atoms with Gasteiger partial charge in [0.25, 0.3) is 0 Å². The van der Waals surface area contributed by atoms with Crippen LogP contribution in [-0.4, -0.2) is 62.6 Å². The standard InChI is InChI=1S/C21H23N5O2/c27-20(17-26-21(28)25-12-5-4-10-19(25)22-26)24-15-13-23(14-16-24)11-6-9-18-7-2-1-3-8-18/h1-10,12H,11,13-17H2/b9-6+. The van der Waals surface area contributed by atoms with Crippen molar-refractivity contribution in [2.45, 2.75) is 6.54 Å². The zero-order valence-electron chi connectivity index (χ0n) is 15.6. The van der Waals surface area contributed by atoms with E-state index in [1.807, 2.05) is 29.2 Å². The molecular weight excluding hydrogens is 354 g/mol. The fourth-order valence-electron chi connectivity index (χ4n) is 3.38. The van der Waals surface area contributed by atoms with E-state index in [1.54, 1.807) is 18.3 Å². The van der Waals surface area contributed by atoms with Crippen LogP contribution >= 0.6 is 0 Å². The van der Waals surface area contributed by atoms with Gasteiger partial charge in [-0.1, -0.05) is 48.6 Å². The van der Waals surface area contributed by atoms with Crippen LogP contribution in [0.1, 0.15) is 5.56 Å². The molecule has 0 atom stereocenters. The minimum Gasteiger partial charge on any atom is -0.339 e. The number of aromatic nitrogens is 3. The Morgan fingerprint density at radius 2 is 1.75 bits per heavy atom. The largest absolute Gasteiger partial charge is 0.350 e. The number of piperazine rings is 1. The van der Waals surface area contributed by atoms with E-state index in [-0.39, 0.29) is 18.1 Å². The third-order valence-corrected chi connectivity index (χ3v) is 4.97. The summed E-state index contributed by atoms with van der Waals surface area (Å²) >= 11 is 0. The van der Waals surface area contributed by atoms with Crippen LogP contribution in [0.4, 0.5) is 0 Å². The summed E-state index contributed by atoms with van der Waals surface area (Å²) < 4.78 is 2.69. The lowest BCUT2D eigenvalue weighted by atomic mass is 10.2. The third kappa shape index (κ3) is 4.04. The summed E-state index contributed by atoms with van der Waals surface area (Å²) in [4.78, 5) is 29.0. The summed E-state index contributed by atoms with van der Waals surface area (Å²) in [7, 11) is 0. The first kappa shape index (κ1) is 18.2. The van der Waals surface area contributed by atoms with Crippen LogP contribution in [0.3, 0.4) is 0 Å². The lowest BCUT2D eigenvalue weighted by Gasteiger charge is -2.34. The zero-order valence-corrected chi connectivity index (χ0v) is 15.6. The fourth-order valence-corrected chi connectivity index (χ4v) is 3.38. The van der Waals surface area contributed by atoms with Gasteiger partial charge in [-0.2, -0.15) is 0 Å². The molecular formula is C21H23N5O2. The molecule has 1 amide bonds. The van der Waals surface area contributed by atoms with Gasteiger partial charge in [0, 0.05) is 38.9 Å². The quantitative estimate of drug-likeness (QED) is 0.673. The number of nitrogens with zero attached hydrogens (tertiary/aromatic N) is 5. The summed E-state index contributed by atoms with van der Waals surface area (Å²) in [6.45, 7) is 3.83. The van der Waals surface area contributed by atoms with Crippen molar-refractivity contribution in [1.29, 1.82) is 0 Å². The molecule has 7 nitrogen and oxygen atoms in total. The van der Waals surface area contributed by atoms with Crippen LogP contribution < -0.4 is 5.69 Å². The molecule has 144 valence electrons. The van der Waals surface area contributed by atoms with Gasteiger partial charge in [-0.05, 0) is 17.7 Å². The lowest BCUT2D eigenvalue weighted by molar-refractivity contribution is -0.133. The highest BCUT2D eigenvalue weighted by molar-refractivity contribution is 5.76. The Hall–Kier alpha value is -3.19. The molecule has 0 radical (unpaired) electrons. The number of rotatable bonds is 5. The highest BCUT2D eigenvalue weighted by atomic mass is 16.2. The SMILES string of the molecule is O=C(Cn1nc2ccccn2c1=O)N1CCN(C/C=C/c2ccccc2)CC1. The molecule has 2 aromatic heterocycles. The van der Waals surface area contributed by atoms with Gasteiger partial charge >= 0.3 is 5.69 Å². The van der Waals surface area contributed by atoms with E-state index in [1.165, 1.54) is 14.6 Å². The second-order valence-electron chi connectivity index (χ2n) is 6.86. The first-order valence-electron chi connectivity index (χ1n) is 9.47. The summed E-state index contributed by atoms with van der Waals surface area (Å²) in [6, 6.07) is 15.6. The maximum atomic E-state index is 12.6. The van der Waals surface area contributed by atoms with Crippen molar-refractivity contribution < 1.29 is 4.79 Å². The van der Waals surface area contributed by atoms with Crippen LogP contribution in [0.5, 0.6) is 0 Å². The molecule has 28 heavy (non-hydrogen) atoms. The number of carbonyl (C=O) groups is 1. The molecule has 0 aliphatic carbocycles. The third-order valence-electron chi connectivity index (χ3n) is 4.97. The Morgan fingerprint density at radius 1 is 1.00 bits per heavy atom. The normalized spacial score (nSPS) is 15.5. The molecule has 0 saturated carbocycles. The van der Waals surface area contributed by atoms with E-state index in [9.17, 15) is 9.59 Å². The van der Waals surface area contributed by atoms with E-state index in [2.05, 4.69) is 34.3 Å². The van der Waals surface area contributed by atoms with Crippen molar-refractivity contribution in [2.75, 3.05) is 32.7 Å². The van der Waals surface area contributed by atoms with Gasteiger partial charge in [0.05, 0.1) is 0 Å². The van der Waals surface area contributed by atoms with E-state index >= 15 is 0 Å². The molecule has 0 spiro atoms. The van der Waals surface area contributed by atoms with Gasteiger partial charge < -0.3 is 4.90 Å². The van der Waals surface area contributed by atoms with Crippen LogP contribution in [0.15, 0.2) is 65.6 Å². The van der Waals surface area contributed by atoms with Crippen molar-refractivity contribution in [3.8, 4) is 0 Å². The van der Waals surface area contributed by atoms with Gasteiger partial charge in [0.15, 0.2) is 5.65 Å². The summed E-state index contributed by atoms with van der Waals surface area (Å²) in [6.07, 6.45) is 5.93. The molecule has 1 aliphatic heterocycles. The van der Waals surface area contributed by atoms with Crippen molar-refractivity contribution in [3.63, 3.8) is 0 Å². The van der Waals surface area contributed by atoms with Crippen molar-refractivity contribution in [1.82, 2.24) is 24.0 Å². The Bertz CT molecular complexity index is 1030. The predicted molar refractivity (Wildman–Crippen MR) is 108 cm³/mol. The van der Waals surface area contributed by atoms with Crippen molar-refractivity contribution >= 4 is 17.6 Å². The van der Waals surface area contributed by atoms with Gasteiger partial charge in [0.1, 0.15) is 6.54 Å². The minimum absolute atomic E-state index is 0.0194. The van der Waals surface area contributed by atoms with Gasteiger partial charge in [0.2, 0.25) is 5.91 Å². The maximum Gasteiger partial charge on any atom is 0.350 e. The molecule has 4 rings (SSSR count). The summed E-state index contributed by atoms with van der Waals surface area (Å²) in [5, 5.41) is 4.23. The number of hydrogen-bond acceptors (Lipinski definition) is 4. The van der Waals surface area contributed by atoms with Crippen LogP contribution in [0.25, 0.3) is 11.7 Å². The van der Waals surface area contributed by atoms with E-state index < -0.39 is 0 Å². The fraction of sp³-hybridized carbons (Fsp3) is 0.286. The highest BCUT2D eigenvalue weighted by Crippen LogP contribution is 2.05. The number of pyridine rings is 1. The number of hydrogen-bond donors (Lipinski definition) is 0. The van der Waals surface area contributed by atoms with E-state index in [0.29, 0.717) is 18.7 Å². The van der Waals surface area contributed by atoms with Gasteiger partial charge in [-0.25, -0.2) is 9.48 Å². The second-order valence-corrected chi connectivity index (χ2v) is 6.86. The lowest BCUT2D eigenvalue weighted by Crippen LogP contribution is -2.50. The van der Waals surface area contributed by atoms with E-state index in [0.717, 1.165) is 19.6 Å².